The molecule has 0 heterocycles. The summed E-state index contributed by atoms with van der Waals surface area (Å²) in [6, 6.07) is 1.75. The lowest BCUT2D eigenvalue weighted by molar-refractivity contribution is -0.384. The van der Waals surface area contributed by atoms with Gasteiger partial charge >= 0.3 is 11.9 Å². The third kappa shape index (κ3) is 4.52. The Morgan fingerprint density at radius 2 is 1.95 bits per heavy atom. The Morgan fingerprint density at radius 3 is 2.45 bits per heavy atom. The van der Waals surface area contributed by atoms with Crippen LogP contribution in [-0.2, 0) is 9.59 Å². The van der Waals surface area contributed by atoms with E-state index in [1.54, 1.807) is 0 Å². The lowest BCUT2D eigenvalue weighted by atomic mass is 10.1. The number of nitrogens with one attached hydrogen (secondary N) is 1. The normalized spacial score (nSPS) is 11.5. The highest BCUT2D eigenvalue weighted by Crippen LogP contribution is 2.22. The molecule has 0 radical (unpaired) electrons. The molecule has 10 heteroatoms. The van der Waals surface area contributed by atoms with Crippen LogP contribution in [0.2, 0.25) is 0 Å². The number of hydrogen-bond acceptors (Lipinski definition) is 6. The molecule has 5 N–H and O–H groups in total. The van der Waals surface area contributed by atoms with Gasteiger partial charge in [-0.2, -0.15) is 0 Å². The number of carboxylic acid groups (broad SMARTS) is 2. The standard InChI is InChI=1S/C12H13N3O7/c13-8(12(19)20)2-4-10(16)14-9-3-1-6(15(21)22)5-7(9)11(17)18/h1,3,5,8H,2,4,13H2,(H,14,16)(H,17,18)(H,19,20)/t8-/m0/s1. The molecule has 1 amide bonds. The molecular weight excluding hydrogens is 298 g/mol. The van der Waals surface area contributed by atoms with Crippen LogP contribution in [0.15, 0.2) is 18.2 Å². The first-order valence-corrected chi connectivity index (χ1v) is 6.02. The Labute approximate surface area is 123 Å². The first kappa shape index (κ1) is 17.0. The van der Waals surface area contributed by atoms with E-state index >= 15 is 0 Å². The van der Waals surface area contributed by atoms with Crippen LogP contribution >= 0.6 is 0 Å². The third-order valence-electron chi connectivity index (χ3n) is 2.72. The highest BCUT2D eigenvalue weighted by atomic mass is 16.6. The molecule has 22 heavy (non-hydrogen) atoms. The predicted molar refractivity (Wildman–Crippen MR) is 73.5 cm³/mol. The number of rotatable bonds is 7. The molecule has 1 aromatic rings. The highest BCUT2D eigenvalue weighted by molar-refractivity contribution is 6.01. The molecule has 0 aliphatic heterocycles. The Hall–Kier alpha value is -3.01. The maximum Gasteiger partial charge on any atom is 0.338 e. The Bertz CT molecular complexity index is 629. The number of benzene rings is 1. The van der Waals surface area contributed by atoms with Crippen molar-refractivity contribution < 1.29 is 29.5 Å². The van der Waals surface area contributed by atoms with Gasteiger partial charge in [-0.15, -0.1) is 0 Å². The lowest BCUT2D eigenvalue weighted by Crippen LogP contribution is -2.31. The minimum Gasteiger partial charge on any atom is -0.480 e. The van der Waals surface area contributed by atoms with Gasteiger partial charge in [-0.05, 0) is 12.5 Å². The molecular formula is C12H13N3O7. The number of nitro groups is 1. The molecule has 0 saturated carbocycles. The molecule has 1 aromatic carbocycles. The first-order valence-electron chi connectivity index (χ1n) is 6.02. The van der Waals surface area contributed by atoms with Crippen LogP contribution in [0.5, 0.6) is 0 Å². The average molecular weight is 311 g/mol. The largest absolute Gasteiger partial charge is 0.480 e. The van der Waals surface area contributed by atoms with E-state index in [1.165, 1.54) is 0 Å². The summed E-state index contributed by atoms with van der Waals surface area (Å²) in [5.74, 6) is -3.34. The number of carbonyl (C=O) groups excluding carboxylic acids is 1. The zero-order chi connectivity index (χ0) is 16.9. The number of nitrogens with zero attached hydrogens (tertiary/aromatic N) is 1. The maximum atomic E-state index is 11.6. The van der Waals surface area contributed by atoms with E-state index < -0.39 is 40.1 Å². The number of aromatic carboxylic acids is 1. The summed E-state index contributed by atoms with van der Waals surface area (Å²) in [6.45, 7) is 0. The number of anilines is 1. The molecule has 0 unspecified atom stereocenters. The van der Waals surface area contributed by atoms with Gasteiger partial charge in [-0.3, -0.25) is 19.7 Å². The minimum atomic E-state index is -1.44. The van der Waals surface area contributed by atoms with Gasteiger partial charge in [0, 0.05) is 18.6 Å². The number of carboxylic acids is 2. The van der Waals surface area contributed by atoms with E-state index in [0.29, 0.717) is 0 Å². The summed E-state index contributed by atoms with van der Waals surface area (Å²) >= 11 is 0. The van der Waals surface area contributed by atoms with Gasteiger partial charge in [-0.25, -0.2) is 4.79 Å². The average Bonchev–Trinajstić information content (AvgIpc) is 2.44. The number of amides is 1. The second kappa shape index (κ2) is 7.13. The molecule has 0 aromatic heterocycles. The van der Waals surface area contributed by atoms with Crippen molar-refractivity contribution in [1.29, 1.82) is 0 Å². The molecule has 0 fully saturated rings. The van der Waals surface area contributed by atoms with Crippen molar-refractivity contribution in [1.82, 2.24) is 0 Å². The van der Waals surface area contributed by atoms with Gasteiger partial charge in [-0.1, -0.05) is 0 Å². The van der Waals surface area contributed by atoms with E-state index in [2.05, 4.69) is 5.32 Å². The lowest BCUT2D eigenvalue weighted by Gasteiger charge is -2.09. The molecule has 0 spiro atoms. The topological polar surface area (TPSA) is 173 Å². The zero-order valence-electron chi connectivity index (χ0n) is 11.2. The van der Waals surface area contributed by atoms with Gasteiger partial charge in [0.25, 0.3) is 5.69 Å². The quantitative estimate of drug-likeness (QED) is 0.414. The second-order valence-electron chi connectivity index (χ2n) is 4.32. The van der Waals surface area contributed by atoms with Crippen LogP contribution in [-0.4, -0.2) is 39.0 Å². The fraction of sp³-hybridized carbons (Fsp3) is 0.250. The molecule has 1 atom stereocenters. The monoisotopic (exact) mass is 311 g/mol. The highest BCUT2D eigenvalue weighted by Gasteiger charge is 2.18. The number of aliphatic carboxylic acids is 1. The van der Waals surface area contributed by atoms with E-state index in [1.807, 2.05) is 0 Å². The van der Waals surface area contributed by atoms with Gasteiger partial charge in [0.1, 0.15) is 6.04 Å². The Morgan fingerprint density at radius 1 is 1.32 bits per heavy atom. The summed E-state index contributed by atoms with van der Waals surface area (Å²) in [5.41, 5.74) is 4.26. The van der Waals surface area contributed by atoms with Crippen LogP contribution in [0.3, 0.4) is 0 Å². The maximum absolute atomic E-state index is 11.6. The molecule has 0 saturated heterocycles. The van der Waals surface area contributed by atoms with Crippen molar-refractivity contribution in [2.75, 3.05) is 5.32 Å². The fourth-order valence-electron chi connectivity index (χ4n) is 1.55. The summed E-state index contributed by atoms with van der Waals surface area (Å²) in [7, 11) is 0. The van der Waals surface area contributed by atoms with Crippen LogP contribution in [0.25, 0.3) is 0 Å². The summed E-state index contributed by atoms with van der Waals surface area (Å²) in [6.07, 6.45) is -0.361. The fourth-order valence-corrected chi connectivity index (χ4v) is 1.55. The van der Waals surface area contributed by atoms with Gasteiger partial charge in [0.2, 0.25) is 5.91 Å². The summed E-state index contributed by atoms with van der Waals surface area (Å²) in [4.78, 5) is 43.1. The number of nitro benzene ring substituents is 1. The minimum absolute atomic E-state index is 0.119. The van der Waals surface area contributed by atoms with Gasteiger partial charge < -0.3 is 21.3 Å². The molecule has 1 rings (SSSR count). The van der Waals surface area contributed by atoms with E-state index in [-0.39, 0.29) is 18.5 Å². The van der Waals surface area contributed by atoms with Gasteiger partial charge in [0.15, 0.2) is 0 Å². The van der Waals surface area contributed by atoms with Crippen molar-refractivity contribution in [2.45, 2.75) is 18.9 Å². The van der Waals surface area contributed by atoms with Crippen molar-refractivity contribution in [3.63, 3.8) is 0 Å². The number of carbonyl (C=O) groups is 3. The van der Waals surface area contributed by atoms with Crippen LogP contribution in [0.1, 0.15) is 23.2 Å². The number of nitrogens with two attached hydrogens (primary N) is 1. The van der Waals surface area contributed by atoms with Crippen LogP contribution in [0, 0.1) is 10.1 Å². The van der Waals surface area contributed by atoms with Crippen LogP contribution < -0.4 is 11.1 Å². The van der Waals surface area contributed by atoms with E-state index in [9.17, 15) is 24.5 Å². The van der Waals surface area contributed by atoms with Crippen molar-refractivity contribution in [3.05, 3.63) is 33.9 Å². The SMILES string of the molecule is N[C@@H](CCC(=O)Nc1ccc([N+](=O)[O-])cc1C(=O)O)C(=O)O. The van der Waals surface area contributed by atoms with Crippen LogP contribution in [0.4, 0.5) is 11.4 Å². The smallest absolute Gasteiger partial charge is 0.338 e. The number of non-ortho nitro benzene ring substituents is 1. The zero-order valence-corrected chi connectivity index (χ0v) is 11.2. The molecule has 0 bridgehead atoms. The van der Waals surface area contributed by atoms with Crippen molar-refractivity contribution in [2.24, 2.45) is 5.73 Å². The molecule has 118 valence electrons. The summed E-state index contributed by atoms with van der Waals surface area (Å²) < 4.78 is 0. The first-order chi connectivity index (χ1) is 10.2. The second-order valence-corrected chi connectivity index (χ2v) is 4.32. The van der Waals surface area contributed by atoms with E-state index in [4.69, 9.17) is 15.9 Å². The molecule has 0 aliphatic rings. The predicted octanol–water partition coefficient (Wildman–Crippen LogP) is 0.424. The third-order valence-corrected chi connectivity index (χ3v) is 2.72. The Balaban J connectivity index is 2.84. The van der Waals surface area contributed by atoms with Gasteiger partial charge in [0.05, 0.1) is 16.2 Å². The molecule has 0 aliphatic carbocycles. The Kier molecular flexibility index (Phi) is 5.52. The summed E-state index contributed by atoms with van der Waals surface area (Å²) in [5, 5.41) is 30.5. The van der Waals surface area contributed by atoms with Crippen molar-refractivity contribution >= 4 is 29.2 Å². The van der Waals surface area contributed by atoms with Crippen molar-refractivity contribution in [3.8, 4) is 0 Å². The number of hydrogen-bond donors (Lipinski definition) is 4. The molecule has 10 nitrogen and oxygen atoms in total. The van der Waals surface area contributed by atoms with E-state index in [0.717, 1.165) is 18.2 Å².